The van der Waals surface area contributed by atoms with Gasteiger partial charge in [-0.3, -0.25) is 20.0 Å². The van der Waals surface area contributed by atoms with Crippen molar-refractivity contribution < 1.29 is 9.66 Å². The molecule has 0 aliphatic rings. The lowest BCUT2D eigenvalue weighted by molar-refractivity contribution is -0.384. The van der Waals surface area contributed by atoms with E-state index in [1.54, 1.807) is 31.4 Å². The number of hydrogen-bond acceptors (Lipinski definition) is 8. The fraction of sp³-hybridized carbons (Fsp3) is 0.0400. The number of nitrogens with one attached hydrogen (secondary N) is 1. The van der Waals surface area contributed by atoms with Crippen molar-refractivity contribution in [2.75, 3.05) is 7.11 Å². The van der Waals surface area contributed by atoms with Gasteiger partial charge in [0.2, 0.25) is 5.13 Å². The van der Waals surface area contributed by atoms with Crippen LogP contribution in [0, 0.1) is 10.1 Å². The van der Waals surface area contributed by atoms with Gasteiger partial charge in [-0.15, -0.1) is 21.6 Å². The molecular formula is C25H17ClN6O4S. The van der Waals surface area contributed by atoms with E-state index in [9.17, 15) is 14.9 Å². The lowest BCUT2D eigenvalue weighted by atomic mass is 10.1. The number of benzene rings is 3. The molecule has 0 saturated heterocycles. The number of azo groups is 1. The van der Waals surface area contributed by atoms with Gasteiger partial charge in [0.05, 0.1) is 28.4 Å². The van der Waals surface area contributed by atoms with Crippen LogP contribution in [0.4, 0.5) is 17.1 Å². The van der Waals surface area contributed by atoms with Crippen LogP contribution in [-0.4, -0.2) is 26.8 Å². The number of halogens is 1. The minimum absolute atomic E-state index is 0.00923. The molecule has 0 radical (unpaired) electrons. The molecule has 37 heavy (non-hydrogen) atoms. The topological polar surface area (TPSA) is 128 Å². The first-order chi connectivity index (χ1) is 17.9. The lowest BCUT2D eigenvalue weighted by Gasteiger charge is -2.01. The summed E-state index contributed by atoms with van der Waals surface area (Å²) in [6, 6.07) is 20.0. The van der Waals surface area contributed by atoms with Crippen LogP contribution in [0.15, 0.2) is 93.2 Å². The highest BCUT2D eigenvalue weighted by Crippen LogP contribution is 2.32. The van der Waals surface area contributed by atoms with E-state index in [0.29, 0.717) is 32.8 Å². The molecule has 10 nitrogen and oxygen atoms in total. The van der Waals surface area contributed by atoms with Crippen molar-refractivity contribution >= 4 is 40.0 Å². The molecule has 0 aliphatic carbocycles. The van der Waals surface area contributed by atoms with Crippen LogP contribution in [0.25, 0.3) is 27.6 Å². The van der Waals surface area contributed by atoms with Crippen LogP contribution in [0.2, 0.25) is 5.02 Å². The second kappa shape index (κ2) is 10.2. The second-order valence-corrected chi connectivity index (χ2v) is 8.92. The third kappa shape index (κ3) is 4.90. The molecule has 0 unspecified atom stereocenters. The summed E-state index contributed by atoms with van der Waals surface area (Å²) in [5.74, 6) is 0.723. The Morgan fingerprint density at radius 3 is 2.41 bits per heavy atom. The van der Waals surface area contributed by atoms with Gasteiger partial charge < -0.3 is 4.74 Å². The molecule has 1 N–H and O–H groups in total. The van der Waals surface area contributed by atoms with Gasteiger partial charge in [0.15, 0.2) is 5.69 Å². The average Bonchev–Trinajstić information content (AvgIpc) is 3.53. The summed E-state index contributed by atoms with van der Waals surface area (Å²) in [5.41, 5.74) is 2.22. The largest absolute Gasteiger partial charge is 0.497 e. The van der Waals surface area contributed by atoms with E-state index in [1.165, 1.54) is 40.3 Å². The maximum atomic E-state index is 13.5. The van der Waals surface area contributed by atoms with Gasteiger partial charge in [0, 0.05) is 28.6 Å². The van der Waals surface area contributed by atoms with E-state index in [2.05, 4.69) is 20.3 Å². The monoisotopic (exact) mass is 532 g/mol. The fourth-order valence-corrected chi connectivity index (χ4v) is 4.47. The predicted octanol–water partition coefficient (Wildman–Crippen LogP) is 6.94. The molecule has 2 aromatic heterocycles. The van der Waals surface area contributed by atoms with E-state index in [4.69, 9.17) is 16.3 Å². The molecule has 5 rings (SSSR count). The molecule has 12 heteroatoms. The first kappa shape index (κ1) is 24.1. The van der Waals surface area contributed by atoms with E-state index >= 15 is 0 Å². The number of nitrogens with zero attached hydrogens (tertiary/aromatic N) is 5. The zero-order valence-electron chi connectivity index (χ0n) is 19.2. The van der Waals surface area contributed by atoms with E-state index < -0.39 is 10.5 Å². The average molecular weight is 533 g/mol. The van der Waals surface area contributed by atoms with Crippen molar-refractivity contribution in [2.45, 2.75) is 0 Å². The number of nitro groups is 1. The number of aromatic nitrogens is 3. The summed E-state index contributed by atoms with van der Waals surface area (Å²) >= 11 is 7.46. The number of rotatable bonds is 7. The highest BCUT2D eigenvalue weighted by atomic mass is 35.5. The molecule has 5 aromatic rings. The number of aromatic amines is 1. The third-order valence-corrected chi connectivity index (χ3v) is 6.56. The maximum Gasteiger partial charge on any atom is 0.301 e. The molecular weight excluding hydrogens is 516 g/mol. The lowest BCUT2D eigenvalue weighted by Crippen LogP contribution is -2.13. The quantitative estimate of drug-likeness (QED) is 0.138. The van der Waals surface area contributed by atoms with Crippen LogP contribution in [-0.2, 0) is 0 Å². The maximum absolute atomic E-state index is 13.5. The van der Waals surface area contributed by atoms with Gasteiger partial charge in [-0.05, 0) is 48.5 Å². The van der Waals surface area contributed by atoms with Gasteiger partial charge in [0.25, 0.3) is 5.69 Å². The zero-order valence-corrected chi connectivity index (χ0v) is 20.7. The number of hydrogen-bond donors (Lipinski definition) is 1. The van der Waals surface area contributed by atoms with E-state index in [1.807, 2.05) is 29.6 Å². The highest BCUT2D eigenvalue weighted by Gasteiger charge is 2.20. The van der Waals surface area contributed by atoms with Gasteiger partial charge in [-0.2, -0.15) is 4.68 Å². The van der Waals surface area contributed by atoms with Crippen molar-refractivity contribution in [3.05, 3.63) is 104 Å². The van der Waals surface area contributed by atoms with E-state index in [0.717, 1.165) is 11.3 Å². The van der Waals surface area contributed by atoms with Gasteiger partial charge in [-0.1, -0.05) is 23.7 Å². The molecule has 0 aliphatic heterocycles. The number of ether oxygens (including phenoxy) is 1. The number of non-ortho nitro benzene ring substituents is 1. The number of nitro benzene ring substituents is 1. The van der Waals surface area contributed by atoms with Crippen LogP contribution < -0.4 is 10.3 Å². The minimum atomic E-state index is -0.494. The summed E-state index contributed by atoms with van der Waals surface area (Å²) in [7, 11) is 1.59. The summed E-state index contributed by atoms with van der Waals surface area (Å²) in [5, 5.41) is 25.1. The molecule has 0 fully saturated rings. The third-order valence-electron chi connectivity index (χ3n) is 5.41. The number of methoxy groups -OCH3 is 1. The van der Waals surface area contributed by atoms with Crippen LogP contribution in [0.1, 0.15) is 0 Å². The predicted molar refractivity (Wildman–Crippen MR) is 142 cm³/mol. The van der Waals surface area contributed by atoms with Crippen molar-refractivity contribution in [3.63, 3.8) is 0 Å². The molecule has 0 saturated carbocycles. The van der Waals surface area contributed by atoms with Crippen molar-refractivity contribution in [3.8, 4) is 33.4 Å². The molecule has 0 atom stereocenters. The molecule has 0 spiro atoms. The Labute approximate surface area is 218 Å². The van der Waals surface area contributed by atoms with Crippen LogP contribution >= 0.6 is 22.9 Å². The summed E-state index contributed by atoms with van der Waals surface area (Å²) in [6.07, 6.45) is 0. The SMILES string of the molecule is COc1ccc(-c2csc(-n3[nH]c(-c4ccc([N+](=O)[O-])cc4)c(N=Nc4ccccc4Cl)c3=O)n2)cc1. The highest BCUT2D eigenvalue weighted by molar-refractivity contribution is 7.12. The van der Waals surface area contributed by atoms with Crippen LogP contribution in [0.3, 0.4) is 0 Å². The Morgan fingerprint density at radius 1 is 1.03 bits per heavy atom. The van der Waals surface area contributed by atoms with Gasteiger partial charge >= 0.3 is 5.56 Å². The first-order valence-electron chi connectivity index (χ1n) is 10.8. The smallest absolute Gasteiger partial charge is 0.301 e. The summed E-state index contributed by atoms with van der Waals surface area (Å²) < 4.78 is 6.48. The van der Waals surface area contributed by atoms with Gasteiger partial charge in [0.1, 0.15) is 11.4 Å². The Balaban J connectivity index is 1.59. The standard InChI is InChI=1S/C25H17ClN6O4S/c1-36-18-12-8-15(9-13-18)21-14-37-25(27-21)31-24(33)23(29-28-20-5-3-2-4-19(20)26)22(30-31)16-6-10-17(11-7-16)32(34)35/h2-14,30H,1H3. The molecule has 0 bridgehead atoms. The Bertz CT molecular complexity index is 1670. The Hall–Kier alpha value is -4.61. The molecule has 3 aromatic carbocycles. The summed E-state index contributed by atoms with van der Waals surface area (Å²) in [6.45, 7) is 0. The molecule has 2 heterocycles. The van der Waals surface area contributed by atoms with Gasteiger partial charge in [-0.25, -0.2) is 4.98 Å². The Kier molecular flexibility index (Phi) is 6.62. The Morgan fingerprint density at radius 2 is 1.73 bits per heavy atom. The van der Waals surface area contributed by atoms with Crippen molar-refractivity contribution in [1.29, 1.82) is 0 Å². The fourth-order valence-electron chi connectivity index (χ4n) is 3.50. The number of thiazole rings is 1. The second-order valence-electron chi connectivity index (χ2n) is 7.68. The van der Waals surface area contributed by atoms with Crippen LogP contribution in [0.5, 0.6) is 5.75 Å². The zero-order chi connectivity index (χ0) is 25.9. The molecule has 0 amide bonds. The molecule has 184 valence electrons. The van der Waals surface area contributed by atoms with Crippen molar-refractivity contribution in [1.82, 2.24) is 14.8 Å². The normalized spacial score (nSPS) is 11.2. The summed E-state index contributed by atoms with van der Waals surface area (Å²) in [4.78, 5) is 28.7. The van der Waals surface area contributed by atoms with E-state index in [-0.39, 0.29) is 11.4 Å². The number of H-pyrrole nitrogens is 1. The first-order valence-corrected chi connectivity index (χ1v) is 12.1. The minimum Gasteiger partial charge on any atom is -0.497 e. The van der Waals surface area contributed by atoms with Crippen molar-refractivity contribution in [2.24, 2.45) is 10.2 Å².